The second-order valence-electron chi connectivity index (χ2n) is 7.89. The zero-order valence-electron chi connectivity index (χ0n) is 18.5. The van der Waals surface area contributed by atoms with Crippen LogP contribution in [0.15, 0.2) is 70.2 Å². The largest absolute Gasteiger partial charge is 0.433 e. The summed E-state index contributed by atoms with van der Waals surface area (Å²) >= 11 is 0. The van der Waals surface area contributed by atoms with E-state index in [1.807, 2.05) is 0 Å². The first-order valence-electron chi connectivity index (χ1n) is 10.3. The molecule has 3 aromatic heterocycles. The number of fused-ring (bicyclic) bond motifs is 1. The van der Waals surface area contributed by atoms with Gasteiger partial charge in [0.25, 0.3) is 5.89 Å². The Kier molecular flexibility index (Phi) is 5.75. The standard InChI is InChI=1S/C22H12F6N6O3S/c23-21(24,25)13-6-4-11(5-7-13)16-9-17(22(26,27)28)34-19(31-16)15(10-30-34)20-32-18(33-37-20)12-2-1-3-14(8-12)38(29,35)36/h1-10H,(H2,29,35,36). The van der Waals surface area contributed by atoms with Gasteiger partial charge in [-0.25, -0.2) is 23.1 Å². The Morgan fingerprint density at radius 1 is 0.868 bits per heavy atom. The number of hydrogen-bond donors (Lipinski definition) is 1. The van der Waals surface area contributed by atoms with Crippen molar-refractivity contribution in [3.63, 3.8) is 0 Å². The van der Waals surface area contributed by atoms with Gasteiger partial charge < -0.3 is 4.52 Å². The van der Waals surface area contributed by atoms with E-state index in [1.165, 1.54) is 24.3 Å². The average Bonchev–Trinajstić information content (AvgIpc) is 3.49. The van der Waals surface area contributed by atoms with Crippen LogP contribution in [0, 0.1) is 0 Å². The lowest BCUT2D eigenvalue weighted by Gasteiger charge is -2.12. The van der Waals surface area contributed by atoms with Gasteiger partial charge in [0.05, 0.1) is 22.3 Å². The molecule has 2 N–H and O–H groups in total. The Morgan fingerprint density at radius 3 is 2.21 bits per heavy atom. The van der Waals surface area contributed by atoms with Crippen molar-refractivity contribution in [1.29, 1.82) is 0 Å². The summed E-state index contributed by atoms with van der Waals surface area (Å²) in [7, 11) is -4.04. The molecule has 0 aliphatic carbocycles. The maximum atomic E-state index is 13.9. The van der Waals surface area contributed by atoms with Gasteiger partial charge in [-0.05, 0) is 30.3 Å². The second kappa shape index (κ2) is 8.63. The highest BCUT2D eigenvalue weighted by molar-refractivity contribution is 7.89. The van der Waals surface area contributed by atoms with Crippen molar-refractivity contribution in [3.8, 4) is 34.1 Å². The van der Waals surface area contributed by atoms with Crippen LogP contribution in [0.4, 0.5) is 26.3 Å². The highest BCUT2D eigenvalue weighted by atomic mass is 32.2. The summed E-state index contributed by atoms with van der Waals surface area (Å²) < 4.78 is 109. The van der Waals surface area contributed by atoms with Crippen LogP contribution < -0.4 is 5.14 Å². The fraction of sp³-hybridized carbons (Fsp3) is 0.0909. The van der Waals surface area contributed by atoms with Crippen molar-refractivity contribution in [2.45, 2.75) is 17.2 Å². The number of primary sulfonamides is 1. The van der Waals surface area contributed by atoms with E-state index in [9.17, 15) is 34.8 Å². The molecule has 0 bridgehead atoms. The number of halogens is 6. The van der Waals surface area contributed by atoms with Crippen molar-refractivity contribution in [3.05, 3.63) is 72.1 Å². The summed E-state index contributed by atoms with van der Waals surface area (Å²) in [5, 5.41) is 12.6. The molecule has 0 aliphatic heterocycles. The fourth-order valence-electron chi connectivity index (χ4n) is 3.56. The second-order valence-corrected chi connectivity index (χ2v) is 9.45. The maximum absolute atomic E-state index is 13.9. The van der Waals surface area contributed by atoms with Gasteiger partial charge in [-0.3, -0.25) is 0 Å². The predicted octanol–water partition coefficient (Wildman–Crippen LogP) is 4.80. The Morgan fingerprint density at radius 2 is 1.58 bits per heavy atom. The lowest BCUT2D eigenvalue weighted by molar-refractivity contribution is -0.142. The molecule has 9 nitrogen and oxygen atoms in total. The first-order chi connectivity index (χ1) is 17.7. The molecule has 0 fully saturated rings. The van der Waals surface area contributed by atoms with Crippen LogP contribution in [0.1, 0.15) is 11.3 Å². The number of aromatic nitrogens is 5. The van der Waals surface area contributed by atoms with E-state index >= 15 is 0 Å². The van der Waals surface area contributed by atoms with Crippen LogP contribution in [-0.2, 0) is 22.4 Å². The SMILES string of the molecule is NS(=O)(=O)c1cccc(-c2noc(-c3cnn4c(C(F)(F)F)cc(-c5ccc(C(F)(F)F)cc5)nc34)n2)c1. The fourth-order valence-corrected chi connectivity index (χ4v) is 4.12. The lowest BCUT2D eigenvalue weighted by atomic mass is 10.1. The minimum Gasteiger partial charge on any atom is -0.333 e. The van der Waals surface area contributed by atoms with Gasteiger partial charge in [0.1, 0.15) is 5.56 Å². The van der Waals surface area contributed by atoms with Gasteiger partial charge in [0, 0.05) is 11.1 Å². The molecule has 3 heterocycles. The third kappa shape index (κ3) is 4.70. The Labute approximate surface area is 208 Å². The molecule has 0 saturated carbocycles. The summed E-state index contributed by atoms with van der Waals surface area (Å²) in [6.07, 6.45) is -8.53. The number of alkyl halides is 6. The van der Waals surface area contributed by atoms with E-state index in [-0.39, 0.29) is 44.6 Å². The normalized spacial score (nSPS) is 12.8. The van der Waals surface area contributed by atoms with E-state index in [0.717, 1.165) is 30.5 Å². The first kappa shape index (κ1) is 25.3. The molecule has 16 heteroatoms. The molecule has 2 aromatic carbocycles. The zero-order chi connectivity index (χ0) is 27.5. The maximum Gasteiger partial charge on any atom is 0.433 e. The van der Waals surface area contributed by atoms with E-state index < -0.39 is 33.6 Å². The smallest absolute Gasteiger partial charge is 0.333 e. The van der Waals surface area contributed by atoms with Crippen LogP contribution in [0.2, 0.25) is 0 Å². The highest BCUT2D eigenvalue weighted by Gasteiger charge is 2.36. The molecular weight excluding hydrogens is 542 g/mol. The first-order valence-corrected chi connectivity index (χ1v) is 11.9. The molecule has 38 heavy (non-hydrogen) atoms. The minimum absolute atomic E-state index is 0.0100. The van der Waals surface area contributed by atoms with Gasteiger partial charge in [0.2, 0.25) is 15.8 Å². The Balaban J connectivity index is 1.63. The van der Waals surface area contributed by atoms with Gasteiger partial charge >= 0.3 is 12.4 Å². The van der Waals surface area contributed by atoms with Crippen LogP contribution in [0.5, 0.6) is 0 Å². The van der Waals surface area contributed by atoms with E-state index in [1.54, 1.807) is 0 Å². The van der Waals surface area contributed by atoms with Crippen molar-refractivity contribution in [2.24, 2.45) is 5.14 Å². The van der Waals surface area contributed by atoms with Gasteiger partial charge in [0.15, 0.2) is 11.3 Å². The third-order valence-corrected chi connectivity index (χ3v) is 6.26. The van der Waals surface area contributed by atoms with Gasteiger partial charge in [-0.1, -0.05) is 29.4 Å². The number of rotatable bonds is 4. The topological polar surface area (TPSA) is 129 Å². The average molecular weight is 554 g/mol. The van der Waals surface area contributed by atoms with Crippen molar-refractivity contribution >= 4 is 15.7 Å². The van der Waals surface area contributed by atoms with Crippen molar-refractivity contribution in [1.82, 2.24) is 24.7 Å². The molecule has 0 unspecified atom stereocenters. The zero-order valence-corrected chi connectivity index (χ0v) is 19.3. The lowest BCUT2D eigenvalue weighted by Crippen LogP contribution is -2.13. The summed E-state index contributed by atoms with van der Waals surface area (Å²) in [5.41, 5.74) is -2.78. The minimum atomic E-state index is -4.90. The highest BCUT2D eigenvalue weighted by Crippen LogP contribution is 2.36. The van der Waals surface area contributed by atoms with Crippen LogP contribution in [-0.4, -0.2) is 33.2 Å². The summed E-state index contributed by atoms with van der Waals surface area (Å²) in [6, 6.07) is 9.39. The molecule has 0 aliphatic rings. The molecular formula is C22H12F6N6O3S. The number of nitrogens with zero attached hydrogens (tertiary/aromatic N) is 5. The number of sulfonamides is 1. The summed E-state index contributed by atoms with van der Waals surface area (Å²) in [5.74, 6) is -0.388. The molecule has 5 rings (SSSR count). The predicted molar refractivity (Wildman–Crippen MR) is 119 cm³/mol. The van der Waals surface area contributed by atoms with E-state index in [4.69, 9.17) is 9.66 Å². The molecule has 0 amide bonds. The molecule has 0 saturated heterocycles. The van der Waals surface area contributed by atoms with Gasteiger partial charge in [-0.15, -0.1) is 0 Å². The summed E-state index contributed by atoms with van der Waals surface area (Å²) in [4.78, 5) is 8.06. The quantitative estimate of drug-likeness (QED) is 0.316. The van der Waals surface area contributed by atoms with Gasteiger partial charge in [-0.2, -0.15) is 36.4 Å². The van der Waals surface area contributed by atoms with E-state index in [0.29, 0.717) is 10.6 Å². The number of hydrogen-bond acceptors (Lipinski definition) is 7. The molecule has 5 aromatic rings. The van der Waals surface area contributed by atoms with Crippen LogP contribution in [0.3, 0.4) is 0 Å². The monoisotopic (exact) mass is 554 g/mol. The molecule has 0 radical (unpaired) electrons. The number of nitrogens with two attached hydrogens (primary N) is 1. The van der Waals surface area contributed by atoms with Crippen LogP contribution in [0.25, 0.3) is 39.7 Å². The Hall–Kier alpha value is -4.31. The van der Waals surface area contributed by atoms with Crippen LogP contribution >= 0.6 is 0 Å². The molecule has 196 valence electrons. The summed E-state index contributed by atoms with van der Waals surface area (Å²) in [6.45, 7) is 0. The number of benzene rings is 2. The van der Waals surface area contributed by atoms with Crippen molar-refractivity contribution < 1.29 is 39.3 Å². The van der Waals surface area contributed by atoms with Crippen molar-refractivity contribution in [2.75, 3.05) is 0 Å². The van der Waals surface area contributed by atoms with E-state index in [2.05, 4.69) is 20.2 Å². The third-order valence-electron chi connectivity index (χ3n) is 5.35. The molecule has 0 atom stereocenters. The molecule has 0 spiro atoms. The Bertz CT molecular complexity index is 1780.